The van der Waals surface area contributed by atoms with Gasteiger partial charge in [0.05, 0.1) is 17.3 Å². The average Bonchev–Trinajstić information content (AvgIpc) is 3.10. The molecule has 1 saturated carbocycles. The largest absolute Gasteiger partial charge is 0.397 e. The van der Waals surface area contributed by atoms with Crippen LogP contribution in [0.4, 0.5) is 11.4 Å². The number of nitrogens with one attached hydrogen (secondary N) is 1. The number of nitrogen functional groups attached to an aromatic ring is 1. The molecule has 22 heavy (non-hydrogen) atoms. The Bertz CT molecular complexity index is 558. The fourth-order valence-corrected chi connectivity index (χ4v) is 3.32. The highest BCUT2D eigenvalue weighted by Gasteiger charge is 2.38. The normalized spacial score (nSPS) is 21.7. The van der Waals surface area contributed by atoms with Crippen molar-refractivity contribution in [1.29, 1.82) is 0 Å². The van der Waals surface area contributed by atoms with Gasteiger partial charge in [-0.05, 0) is 25.0 Å². The molecule has 2 amide bonds. The van der Waals surface area contributed by atoms with Gasteiger partial charge in [0.15, 0.2) is 0 Å². The highest BCUT2D eigenvalue weighted by atomic mass is 35.5. The minimum absolute atomic E-state index is 0. The smallest absolute Gasteiger partial charge is 0.229 e. The van der Waals surface area contributed by atoms with Crippen molar-refractivity contribution in [3.8, 4) is 0 Å². The van der Waals surface area contributed by atoms with Crippen LogP contribution >= 0.6 is 12.4 Å². The van der Waals surface area contributed by atoms with E-state index < -0.39 is 0 Å². The van der Waals surface area contributed by atoms with Gasteiger partial charge in [0.2, 0.25) is 11.8 Å². The van der Waals surface area contributed by atoms with E-state index in [-0.39, 0.29) is 30.1 Å². The van der Waals surface area contributed by atoms with Gasteiger partial charge in [0, 0.05) is 19.0 Å². The monoisotopic (exact) mass is 323 g/mol. The van der Waals surface area contributed by atoms with E-state index in [4.69, 9.17) is 5.73 Å². The van der Waals surface area contributed by atoms with Crippen molar-refractivity contribution in [3.05, 3.63) is 24.3 Å². The van der Waals surface area contributed by atoms with Crippen molar-refractivity contribution in [2.24, 2.45) is 5.92 Å². The molecular formula is C16H22ClN3O2. The van der Waals surface area contributed by atoms with Crippen molar-refractivity contribution in [3.63, 3.8) is 0 Å². The molecule has 1 saturated heterocycles. The molecule has 3 N–H and O–H groups in total. The molecular weight excluding hydrogens is 302 g/mol. The zero-order valence-corrected chi connectivity index (χ0v) is 13.3. The highest BCUT2D eigenvalue weighted by Crippen LogP contribution is 2.30. The van der Waals surface area contributed by atoms with Crippen LogP contribution in [0.3, 0.4) is 0 Å². The molecule has 2 fully saturated rings. The Morgan fingerprint density at radius 1 is 1.23 bits per heavy atom. The average molecular weight is 324 g/mol. The van der Waals surface area contributed by atoms with E-state index in [1.54, 1.807) is 12.1 Å². The lowest BCUT2D eigenvalue weighted by molar-refractivity contribution is -0.129. The second-order valence-corrected chi connectivity index (χ2v) is 5.96. The van der Waals surface area contributed by atoms with Gasteiger partial charge < -0.3 is 16.0 Å². The second kappa shape index (κ2) is 7.01. The summed E-state index contributed by atoms with van der Waals surface area (Å²) < 4.78 is 0. The number of halogens is 1. The molecule has 5 nitrogen and oxygen atoms in total. The van der Waals surface area contributed by atoms with Gasteiger partial charge in [0.1, 0.15) is 0 Å². The summed E-state index contributed by atoms with van der Waals surface area (Å²) in [7, 11) is 0. The van der Waals surface area contributed by atoms with Crippen molar-refractivity contribution >= 4 is 35.6 Å². The van der Waals surface area contributed by atoms with Gasteiger partial charge in [-0.2, -0.15) is 0 Å². The first-order chi connectivity index (χ1) is 10.1. The Balaban J connectivity index is 0.00000176. The molecule has 1 aliphatic carbocycles. The zero-order valence-electron chi connectivity index (χ0n) is 12.5. The lowest BCUT2D eigenvalue weighted by Crippen LogP contribution is -2.35. The van der Waals surface area contributed by atoms with Crippen LogP contribution in [-0.2, 0) is 9.59 Å². The number of carbonyl (C=O) groups is 2. The molecule has 0 spiro atoms. The standard InChI is InChI=1S/C16H21N3O2.ClH/c17-13-7-3-4-8-14(13)18-16(21)11-9-15(20)19(10-11)12-5-1-2-6-12;/h3-4,7-8,11-12H,1-2,5-6,9-10,17H2,(H,18,21);1H. The van der Waals surface area contributed by atoms with Gasteiger partial charge >= 0.3 is 0 Å². The molecule has 1 heterocycles. The number of nitrogens with zero attached hydrogens (tertiary/aromatic N) is 1. The molecule has 3 rings (SSSR count). The van der Waals surface area contributed by atoms with E-state index in [1.807, 2.05) is 17.0 Å². The molecule has 0 bridgehead atoms. The van der Waals surface area contributed by atoms with Gasteiger partial charge in [-0.15, -0.1) is 12.4 Å². The summed E-state index contributed by atoms with van der Waals surface area (Å²) in [6.45, 7) is 0.544. The number of anilines is 2. The number of benzene rings is 1. The predicted octanol–water partition coefficient (Wildman–Crippen LogP) is 2.42. The number of hydrogen-bond acceptors (Lipinski definition) is 3. The Hall–Kier alpha value is -1.75. The summed E-state index contributed by atoms with van der Waals surface area (Å²) in [6.07, 6.45) is 4.84. The van der Waals surface area contributed by atoms with Crippen LogP contribution in [0.2, 0.25) is 0 Å². The second-order valence-electron chi connectivity index (χ2n) is 5.96. The van der Waals surface area contributed by atoms with Crippen LogP contribution in [0.1, 0.15) is 32.1 Å². The lowest BCUT2D eigenvalue weighted by Gasteiger charge is -2.23. The first-order valence-electron chi connectivity index (χ1n) is 7.60. The Kier molecular flexibility index (Phi) is 5.29. The summed E-state index contributed by atoms with van der Waals surface area (Å²) in [6, 6.07) is 7.53. The number of nitrogens with two attached hydrogens (primary N) is 1. The maximum Gasteiger partial charge on any atom is 0.229 e. The van der Waals surface area contributed by atoms with E-state index in [0.29, 0.717) is 30.4 Å². The quantitative estimate of drug-likeness (QED) is 0.839. The number of para-hydroxylation sites is 2. The number of likely N-dealkylation sites (tertiary alicyclic amines) is 1. The fraction of sp³-hybridized carbons (Fsp3) is 0.500. The topological polar surface area (TPSA) is 75.4 Å². The summed E-state index contributed by atoms with van der Waals surface area (Å²) in [5, 5.41) is 2.84. The van der Waals surface area contributed by atoms with Crippen molar-refractivity contribution in [2.75, 3.05) is 17.6 Å². The fourth-order valence-electron chi connectivity index (χ4n) is 3.32. The molecule has 1 aromatic rings. The zero-order chi connectivity index (χ0) is 14.8. The molecule has 1 aliphatic heterocycles. The third-order valence-corrected chi connectivity index (χ3v) is 4.51. The molecule has 6 heteroatoms. The molecule has 120 valence electrons. The van der Waals surface area contributed by atoms with Crippen LogP contribution in [-0.4, -0.2) is 29.3 Å². The summed E-state index contributed by atoms with van der Waals surface area (Å²) >= 11 is 0. The molecule has 1 atom stereocenters. The number of carbonyl (C=O) groups excluding carboxylic acids is 2. The molecule has 1 aromatic carbocycles. The Labute approximate surface area is 136 Å². The van der Waals surface area contributed by atoms with E-state index in [9.17, 15) is 9.59 Å². The molecule has 0 radical (unpaired) electrons. The molecule has 2 aliphatic rings. The predicted molar refractivity (Wildman–Crippen MR) is 88.8 cm³/mol. The van der Waals surface area contributed by atoms with Crippen molar-refractivity contribution < 1.29 is 9.59 Å². The van der Waals surface area contributed by atoms with Crippen LogP contribution in [0, 0.1) is 5.92 Å². The number of hydrogen-bond donors (Lipinski definition) is 2. The summed E-state index contributed by atoms with van der Waals surface area (Å²) in [5.41, 5.74) is 6.99. The first-order valence-corrected chi connectivity index (χ1v) is 7.60. The minimum Gasteiger partial charge on any atom is -0.397 e. The minimum atomic E-state index is -0.266. The van der Waals surface area contributed by atoms with Crippen LogP contribution in [0.5, 0.6) is 0 Å². The molecule has 1 unspecified atom stereocenters. The Morgan fingerprint density at radius 2 is 1.91 bits per heavy atom. The van der Waals surface area contributed by atoms with E-state index >= 15 is 0 Å². The molecule has 0 aromatic heterocycles. The van der Waals surface area contributed by atoms with Crippen LogP contribution < -0.4 is 11.1 Å². The summed E-state index contributed by atoms with van der Waals surface area (Å²) in [4.78, 5) is 26.4. The Morgan fingerprint density at radius 3 is 2.59 bits per heavy atom. The van der Waals surface area contributed by atoms with Crippen molar-refractivity contribution in [2.45, 2.75) is 38.1 Å². The third-order valence-electron chi connectivity index (χ3n) is 4.51. The SMILES string of the molecule is Cl.Nc1ccccc1NC(=O)C1CC(=O)N(C2CCCC2)C1. The van der Waals surface area contributed by atoms with Gasteiger partial charge in [-0.25, -0.2) is 0 Å². The highest BCUT2D eigenvalue weighted by molar-refractivity contribution is 5.99. The van der Waals surface area contributed by atoms with E-state index in [1.165, 1.54) is 12.8 Å². The van der Waals surface area contributed by atoms with E-state index in [2.05, 4.69) is 5.32 Å². The van der Waals surface area contributed by atoms with Crippen LogP contribution in [0.15, 0.2) is 24.3 Å². The van der Waals surface area contributed by atoms with Crippen molar-refractivity contribution in [1.82, 2.24) is 4.90 Å². The first kappa shape index (κ1) is 16.6. The lowest BCUT2D eigenvalue weighted by atomic mass is 10.1. The van der Waals surface area contributed by atoms with Gasteiger partial charge in [-0.1, -0.05) is 25.0 Å². The number of rotatable bonds is 3. The summed E-state index contributed by atoms with van der Waals surface area (Å²) in [5.74, 6) is -0.262. The third kappa shape index (κ3) is 3.35. The maximum absolute atomic E-state index is 12.3. The van der Waals surface area contributed by atoms with Gasteiger partial charge in [0.25, 0.3) is 0 Å². The van der Waals surface area contributed by atoms with Crippen LogP contribution in [0.25, 0.3) is 0 Å². The number of amides is 2. The van der Waals surface area contributed by atoms with E-state index in [0.717, 1.165) is 12.8 Å². The maximum atomic E-state index is 12.3. The van der Waals surface area contributed by atoms with Gasteiger partial charge in [-0.3, -0.25) is 9.59 Å².